The molecule has 0 saturated carbocycles. The molecular weight excluding hydrogens is 212 g/mol. The number of benzene rings is 1. The number of aliphatic hydroxyl groups excluding tert-OH is 2. The van der Waals surface area contributed by atoms with Gasteiger partial charge in [0.15, 0.2) is 12.6 Å². The highest BCUT2D eigenvalue weighted by molar-refractivity contribution is 5.74. The van der Waals surface area contributed by atoms with E-state index in [1.807, 2.05) is 0 Å². The second-order valence-electron chi connectivity index (χ2n) is 3.13. The normalized spacial score (nSPS) is 11.6. The number of aldehydes is 1. The number of carbonyl (C=O) groups is 1. The first-order valence-electron chi connectivity index (χ1n) is 4.54. The molecule has 1 aromatic carbocycles. The first-order chi connectivity index (χ1) is 7.56. The predicted octanol–water partition coefficient (Wildman–Crippen LogP) is -0.135. The maximum Gasteiger partial charge on any atom is 0.178 e. The molecule has 0 aliphatic heterocycles. The zero-order chi connectivity index (χ0) is 12.1. The summed E-state index contributed by atoms with van der Waals surface area (Å²) in [4.78, 5) is 10.1. The molecule has 4 N–H and O–H groups in total. The van der Waals surface area contributed by atoms with Crippen molar-refractivity contribution in [3.8, 4) is 0 Å². The van der Waals surface area contributed by atoms with E-state index in [9.17, 15) is 4.79 Å². The van der Waals surface area contributed by atoms with Gasteiger partial charge in [-0.3, -0.25) is 4.79 Å². The fourth-order valence-corrected chi connectivity index (χ4v) is 1.31. The van der Waals surface area contributed by atoms with Crippen molar-refractivity contribution >= 4 is 12.4 Å². The highest BCUT2D eigenvalue weighted by Crippen LogP contribution is 2.23. The summed E-state index contributed by atoms with van der Waals surface area (Å²) in [5.74, 6) is 0. The van der Waals surface area contributed by atoms with Crippen LogP contribution in [0.25, 0.3) is 6.08 Å². The van der Waals surface area contributed by atoms with Gasteiger partial charge >= 0.3 is 0 Å². The zero-order valence-corrected chi connectivity index (χ0v) is 8.32. The van der Waals surface area contributed by atoms with Crippen molar-refractivity contribution in [1.82, 2.24) is 0 Å². The van der Waals surface area contributed by atoms with E-state index in [-0.39, 0.29) is 11.1 Å². The van der Waals surface area contributed by atoms with Gasteiger partial charge in [-0.25, -0.2) is 0 Å². The van der Waals surface area contributed by atoms with E-state index in [0.29, 0.717) is 11.8 Å². The summed E-state index contributed by atoms with van der Waals surface area (Å²) >= 11 is 0. The molecule has 1 rings (SSSR count). The van der Waals surface area contributed by atoms with Crippen LogP contribution in [0.4, 0.5) is 0 Å². The molecule has 0 aliphatic rings. The summed E-state index contributed by atoms with van der Waals surface area (Å²) in [5, 5.41) is 36.0. The first kappa shape index (κ1) is 12.5. The van der Waals surface area contributed by atoms with Crippen LogP contribution in [0, 0.1) is 0 Å². The number of hydrogen-bond donors (Lipinski definition) is 4. The highest BCUT2D eigenvalue weighted by atomic mass is 16.5. The lowest BCUT2D eigenvalue weighted by molar-refractivity contribution is -0.104. The van der Waals surface area contributed by atoms with Crippen molar-refractivity contribution in [3.05, 3.63) is 41.0 Å². The molecule has 0 aliphatic carbocycles. The van der Waals surface area contributed by atoms with Gasteiger partial charge in [0.25, 0.3) is 0 Å². The van der Waals surface area contributed by atoms with Crippen LogP contribution in [0.2, 0.25) is 0 Å². The molecule has 0 spiro atoms. The fourth-order valence-electron chi connectivity index (χ4n) is 1.31. The van der Waals surface area contributed by atoms with Crippen LogP contribution in [0.15, 0.2) is 24.3 Å². The predicted molar refractivity (Wildman–Crippen MR) is 55.9 cm³/mol. The Labute approximate surface area is 91.9 Å². The average Bonchev–Trinajstić information content (AvgIpc) is 2.25. The van der Waals surface area contributed by atoms with Gasteiger partial charge < -0.3 is 20.4 Å². The van der Waals surface area contributed by atoms with Crippen LogP contribution in [-0.4, -0.2) is 26.7 Å². The standard InChI is InChI=1S/C11H12O5/c12-5-1-2-7-3-4-8(10(13)14)9(6-7)11(15)16/h1-6,10-11,13-16H/b2-1+. The molecule has 0 amide bonds. The molecule has 86 valence electrons. The quantitative estimate of drug-likeness (QED) is 0.324. The van der Waals surface area contributed by atoms with E-state index in [0.717, 1.165) is 0 Å². The molecule has 1 aromatic rings. The third-order valence-corrected chi connectivity index (χ3v) is 2.03. The Bertz CT molecular complexity index is 395. The third kappa shape index (κ3) is 2.98. The van der Waals surface area contributed by atoms with E-state index < -0.39 is 12.6 Å². The summed E-state index contributed by atoms with van der Waals surface area (Å²) in [6.07, 6.45) is -0.281. The van der Waals surface area contributed by atoms with Crippen LogP contribution in [0.5, 0.6) is 0 Å². The number of allylic oxidation sites excluding steroid dienone is 1. The summed E-state index contributed by atoms with van der Waals surface area (Å²) in [6, 6.07) is 4.24. The molecule has 0 bridgehead atoms. The minimum Gasteiger partial charge on any atom is -0.364 e. The van der Waals surface area contributed by atoms with Crippen LogP contribution in [-0.2, 0) is 4.79 Å². The van der Waals surface area contributed by atoms with Gasteiger partial charge in [0.1, 0.15) is 6.29 Å². The summed E-state index contributed by atoms with van der Waals surface area (Å²) in [5.41, 5.74) is 0.556. The zero-order valence-electron chi connectivity index (χ0n) is 8.32. The van der Waals surface area contributed by atoms with Crippen molar-refractivity contribution in [2.75, 3.05) is 0 Å². The molecule has 0 saturated heterocycles. The van der Waals surface area contributed by atoms with E-state index >= 15 is 0 Å². The van der Waals surface area contributed by atoms with Crippen molar-refractivity contribution in [3.63, 3.8) is 0 Å². The fraction of sp³-hybridized carbons (Fsp3) is 0.182. The highest BCUT2D eigenvalue weighted by Gasteiger charge is 2.14. The molecule has 0 unspecified atom stereocenters. The Kier molecular flexibility index (Phi) is 4.33. The largest absolute Gasteiger partial charge is 0.364 e. The lowest BCUT2D eigenvalue weighted by Crippen LogP contribution is -2.05. The number of rotatable bonds is 4. The monoisotopic (exact) mass is 224 g/mol. The first-order valence-corrected chi connectivity index (χ1v) is 4.54. The van der Waals surface area contributed by atoms with Gasteiger partial charge in [-0.15, -0.1) is 0 Å². The van der Waals surface area contributed by atoms with Gasteiger partial charge in [-0.1, -0.05) is 18.2 Å². The number of carbonyl (C=O) groups excluding carboxylic acids is 1. The molecule has 0 fully saturated rings. The van der Waals surface area contributed by atoms with Gasteiger partial charge in [0, 0.05) is 11.1 Å². The SMILES string of the molecule is O=C/C=C/c1ccc(C(O)O)c(C(O)O)c1. The smallest absolute Gasteiger partial charge is 0.178 e. The summed E-state index contributed by atoms with van der Waals surface area (Å²) < 4.78 is 0. The average molecular weight is 224 g/mol. The lowest BCUT2D eigenvalue weighted by Gasteiger charge is -2.13. The van der Waals surface area contributed by atoms with E-state index in [1.165, 1.54) is 30.4 Å². The second-order valence-corrected chi connectivity index (χ2v) is 3.13. The topological polar surface area (TPSA) is 98.0 Å². The van der Waals surface area contributed by atoms with E-state index in [1.54, 1.807) is 0 Å². The number of hydrogen-bond acceptors (Lipinski definition) is 5. The van der Waals surface area contributed by atoms with Gasteiger partial charge in [-0.05, 0) is 17.7 Å². The minimum absolute atomic E-state index is 0.0111. The van der Waals surface area contributed by atoms with Gasteiger partial charge in [0.05, 0.1) is 0 Å². The maximum absolute atomic E-state index is 10.1. The molecule has 5 heteroatoms. The Morgan fingerprint density at radius 2 is 1.62 bits per heavy atom. The number of aliphatic hydroxyl groups is 4. The lowest BCUT2D eigenvalue weighted by atomic mass is 10.0. The molecule has 0 atom stereocenters. The van der Waals surface area contributed by atoms with E-state index in [4.69, 9.17) is 20.4 Å². The van der Waals surface area contributed by atoms with Crippen molar-refractivity contribution in [2.45, 2.75) is 12.6 Å². The van der Waals surface area contributed by atoms with Crippen LogP contribution in [0.3, 0.4) is 0 Å². The van der Waals surface area contributed by atoms with Crippen molar-refractivity contribution in [1.29, 1.82) is 0 Å². The molecule has 16 heavy (non-hydrogen) atoms. The molecule has 0 aromatic heterocycles. The molecule has 0 radical (unpaired) electrons. The van der Waals surface area contributed by atoms with Gasteiger partial charge in [-0.2, -0.15) is 0 Å². The third-order valence-electron chi connectivity index (χ3n) is 2.03. The Morgan fingerprint density at radius 3 is 2.12 bits per heavy atom. The van der Waals surface area contributed by atoms with Crippen LogP contribution >= 0.6 is 0 Å². The van der Waals surface area contributed by atoms with Crippen molar-refractivity contribution < 1.29 is 25.2 Å². The Balaban J connectivity index is 3.17. The summed E-state index contributed by atoms with van der Waals surface area (Å²) in [6.45, 7) is 0. The van der Waals surface area contributed by atoms with E-state index in [2.05, 4.69) is 0 Å². The maximum atomic E-state index is 10.1. The van der Waals surface area contributed by atoms with Crippen LogP contribution < -0.4 is 0 Å². The molecule has 5 nitrogen and oxygen atoms in total. The Morgan fingerprint density at radius 1 is 1.00 bits per heavy atom. The summed E-state index contributed by atoms with van der Waals surface area (Å²) in [7, 11) is 0. The van der Waals surface area contributed by atoms with Crippen LogP contribution in [0.1, 0.15) is 29.3 Å². The molecule has 0 heterocycles. The Hall–Kier alpha value is -1.53. The minimum atomic E-state index is -1.80. The van der Waals surface area contributed by atoms with Gasteiger partial charge in [0.2, 0.25) is 0 Å². The molecular formula is C11H12O5. The second kappa shape index (κ2) is 5.53. The van der Waals surface area contributed by atoms with Crippen molar-refractivity contribution in [2.24, 2.45) is 0 Å².